The molecule has 2 N–H and O–H groups in total. The van der Waals surface area contributed by atoms with Crippen LogP contribution in [0.25, 0.3) is 0 Å². The normalized spacial score (nSPS) is 18.6. The molecular formula is C20H21Cl3N2O2. The van der Waals surface area contributed by atoms with E-state index in [4.69, 9.17) is 34.8 Å². The Kier molecular flexibility index (Phi) is 6.66. The van der Waals surface area contributed by atoms with Crippen LogP contribution in [-0.2, 0) is 17.6 Å². The van der Waals surface area contributed by atoms with Gasteiger partial charge in [0.2, 0.25) is 5.91 Å². The molecule has 0 spiro atoms. The number of hydrogen-bond donors (Lipinski definition) is 2. The molecule has 144 valence electrons. The maximum Gasteiger partial charge on any atom is 0.234 e. The van der Waals surface area contributed by atoms with E-state index < -0.39 is 6.10 Å². The molecule has 0 saturated heterocycles. The maximum atomic E-state index is 12.3. The second-order valence-electron chi connectivity index (χ2n) is 6.81. The lowest BCUT2D eigenvalue weighted by Crippen LogP contribution is -2.40. The van der Waals surface area contributed by atoms with Crippen LogP contribution in [0.4, 0.5) is 0 Å². The molecule has 2 atom stereocenters. The lowest BCUT2D eigenvalue weighted by molar-refractivity contribution is -0.122. The summed E-state index contributed by atoms with van der Waals surface area (Å²) in [5.74, 6) is -0.0970. The SMILES string of the molecule is CN(CC(=O)NCCc1ccc(Cl)cc1)C1c2cc(Cl)cc(Cl)c2CC1O. The molecule has 2 unspecified atom stereocenters. The molecule has 1 aliphatic carbocycles. The molecule has 0 heterocycles. The summed E-state index contributed by atoms with van der Waals surface area (Å²) >= 11 is 18.2. The van der Waals surface area contributed by atoms with Gasteiger partial charge in [0, 0.05) is 28.0 Å². The van der Waals surface area contributed by atoms with Crippen LogP contribution in [0.15, 0.2) is 36.4 Å². The van der Waals surface area contributed by atoms with Crippen LogP contribution < -0.4 is 5.32 Å². The molecule has 2 aromatic rings. The van der Waals surface area contributed by atoms with E-state index in [9.17, 15) is 9.90 Å². The molecule has 0 saturated carbocycles. The van der Waals surface area contributed by atoms with Crippen molar-refractivity contribution >= 4 is 40.7 Å². The molecule has 3 rings (SSSR count). The Morgan fingerprint density at radius 1 is 1.19 bits per heavy atom. The number of benzene rings is 2. The van der Waals surface area contributed by atoms with Crippen molar-refractivity contribution in [2.45, 2.75) is 25.0 Å². The van der Waals surface area contributed by atoms with E-state index in [2.05, 4.69) is 5.32 Å². The van der Waals surface area contributed by atoms with Crippen molar-refractivity contribution in [3.05, 3.63) is 68.2 Å². The van der Waals surface area contributed by atoms with Gasteiger partial charge in [0.05, 0.1) is 18.7 Å². The van der Waals surface area contributed by atoms with Crippen LogP contribution in [-0.4, -0.2) is 42.2 Å². The number of rotatable bonds is 6. The summed E-state index contributed by atoms with van der Waals surface area (Å²) in [4.78, 5) is 14.1. The van der Waals surface area contributed by atoms with Crippen LogP contribution in [0.1, 0.15) is 22.7 Å². The smallest absolute Gasteiger partial charge is 0.234 e. The molecule has 7 heteroatoms. The summed E-state index contributed by atoms with van der Waals surface area (Å²) < 4.78 is 0. The molecule has 0 bridgehead atoms. The van der Waals surface area contributed by atoms with Gasteiger partial charge >= 0.3 is 0 Å². The lowest BCUT2D eigenvalue weighted by Gasteiger charge is -2.27. The summed E-state index contributed by atoms with van der Waals surface area (Å²) in [5, 5.41) is 15.2. The highest BCUT2D eigenvalue weighted by Crippen LogP contribution is 2.40. The van der Waals surface area contributed by atoms with Crippen molar-refractivity contribution < 1.29 is 9.90 Å². The van der Waals surface area contributed by atoms with Crippen molar-refractivity contribution in [3.63, 3.8) is 0 Å². The van der Waals surface area contributed by atoms with E-state index in [1.165, 1.54) is 0 Å². The molecule has 0 fully saturated rings. The van der Waals surface area contributed by atoms with Crippen molar-refractivity contribution in [1.82, 2.24) is 10.2 Å². The van der Waals surface area contributed by atoms with Crippen molar-refractivity contribution in [2.24, 2.45) is 0 Å². The maximum absolute atomic E-state index is 12.3. The van der Waals surface area contributed by atoms with E-state index in [1.54, 1.807) is 6.07 Å². The molecule has 0 aromatic heterocycles. The highest BCUT2D eigenvalue weighted by atomic mass is 35.5. The second-order valence-corrected chi connectivity index (χ2v) is 8.09. The monoisotopic (exact) mass is 426 g/mol. The fourth-order valence-electron chi connectivity index (χ4n) is 3.54. The van der Waals surface area contributed by atoms with E-state index in [1.807, 2.05) is 42.3 Å². The van der Waals surface area contributed by atoms with Crippen molar-refractivity contribution in [1.29, 1.82) is 0 Å². The molecule has 2 aromatic carbocycles. The van der Waals surface area contributed by atoms with Crippen LogP contribution in [0.5, 0.6) is 0 Å². The van der Waals surface area contributed by atoms with Crippen LogP contribution in [0, 0.1) is 0 Å². The number of aliphatic hydroxyl groups excluding tert-OH is 1. The minimum absolute atomic E-state index is 0.0970. The van der Waals surface area contributed by atoms with Gasteiger partial charge in [0.1, 0.15) is 0 Å². The first-order valence-corrected chi connectivity index (χ1v) is 9.86. The Balaban J connectivity index is 1.56. The number of halogens is 3. The van der Waals surface area contributed by atoms with E-state index in [-0.39, 0.29) is 18.5 Å². The van der Waals surface area contributed by atoms with Gasteiger partial charge in [0.15, 0.2) is 0 Å². The summed E-state index contributed by atoms with van der Waals surface area (Å²) in [6, 6.07) is 10.8. The van der Waals surface area contributed by atoms with Crippen molar-refractivity contribution in [3.8, 4) is 0 Å². The van der Waals surface area contributed by atoms with E-state index >= 15 is 0 Å². The third-order valence-electron chi connectivity index (χ3n) is 4.81. The highest BCUT2D eigenvalue weighted by Gasteiger charge is 2.36. The van der Waals surface area contributed by atoms with Gasteiger partial charge in [-0.25, -0.2) is 0 Å². The number of carbonyl (C=O) groups excluding carboxylic acids is 1. The Hall–Kier alpha value is -1.30. The fourth-order valence-corrected chi connectivity index (χ4v) is 4.25. The second kappa shape index (κ2) is 8.80. The minimum Gasteiger partial charge on any atom is -0.391 e. The Labute approximate surface area is 174 Å². The number of fused-ring (bicyclic) bond motifs is 1. The van der Waals surface area contributed by atoms with Crippen LogP contribution >= 0.6 is 34.8 Å². The molecule has 0 aliphatic heterocycles. The first kappa shape index (κ1) is 20.4. The van der Waals surface area contributed by atoms with Gasteiger partial charge < -0.3 is 10.4 Å². The molecule has 1 aliphatic rings. The number of amides is 1. The zero-order valence-electron chi connectivity index (χ0n) is 14.9. The zero-order valence-corrected chi connectivity index (χ0v) is 17.2. The standard InChI is InChI=1S/C20H21Cl3N2O2/c1-25(11-19(27)24-7-6-12-2-4-13(21)5-3-12)20-16-8-14(22)9-17(23)15(16)10-18(20)26/h2-5,8-9,18,20,26H,6-7,10-11H2,1H3,(H,24,27). The fraction of sp³-hybridized carbons (Fsp3) is 0.350. The average Bonchev–Trinajstić information content (AvgIpc) is 2.93. The first-order chi connectivity index (χ1) is 12.8. The average molecular weight is 428 g/mol. The predicted octanol–water partition coefficient (Wildman–Crippen LogP) is 3.90. The van der Waals surface area contributed by atoms with Gasteiger partial charge in [-0.05, 0) is 54.4 Å². The van der Waals surface area contributed by atoms with E-state index in [0.717, 1.165) is 23.1 Å². The summed E-state index contributed by atoms with van der Waals surface area (Å²) in [6.45, 7) is 0.710. The van der Waals surface area contributed by atoms with Gasteiger partial charge in [-0.3, -0.25) is 9.69 Å². The molecule has 27 heavy (non-hydrogen) atoms. The largest absolute Gasteiger partial charge is 0.391 e. The Morgan fingerprint density at radius 3 is 2.59 bits per heavy atom. The van der Waals surface area contributed by atoms with Gasteiger partial charge in [-0.1, -0.05) is 46.9 Å². The number of nitrogens with zero attached hydrogens (tertiary/aromatic N) is 1. The number of likely N-dealkylation sites (N-methyl/N-ethyl adjacent to an activating group) is 1. The molecular weight excluding hydrogens is 407 g/mol. The number of nitrogens with one attached hydrogen (secondary N) is 1. The van der Waals surface area contributed by atoms with Crippen LogP contribution in [0.3, 0.4) is 0 Å². The predicted molar refractivity (Wildman–Crippen MR) is 110 cm³/mol. The van der Waals surface area contributed by atoms with Crippen LogP contribution in [0.2, 0.25) is 15.1 Å². The number of aliphatic hydroxyl groups is 1. The Morgan fingerprint density at radius 2 is 1.89 bits per heavy atom. The number of carbonyl (C=O) groups is 1. The summed E-state index contributed by atoms with van der Waals surface area (Å²) in [7, 11) is 1.82. The number of hydrogen-bond acceptors (Lipinski definition) is 3. The molecule has 1 amide bonds. The topological polar surface area (TPSA) is 52.6 Å². The van der Waals surface area contributed by atoms with Gasteiger partial charge in [0.25, 0.3) is 0 Å². The first-order valence-electron chi connectivity index (χ1n) is 8.72. The molecule has 4 nitrogen and oxygen atoms in total. The highest BCUT2D eigenvalue weighted by molar-refractivity contribution is 6.35. The van der Waals surface area contributed by atoms with E-state index in [0.29, 0.717) is 28.0 Å². The van der Waals surface area contributed by atoms with Crippen molar-refractivity contribution in [2.75, 3.05) is 20.1 Å². The third kappa shape index (κ3) is 4.95. The summed E-state index contributed by atoms with van der Waals surface area (Å²) in [6.07, 6.45) is 0.563. The quantitative estimate of drug-likeness (QED) is 0.735. The Bertz CT molecular complexity index is 827. The third-order valence-corrected chi connectivity index (χ3v) is 5.62. The lowest BCUT2D eigenvalue weighted by atomic mass is 10.1. The van der Waals surface area contributed by atoms with Gasteiger partial charge in [-0.2, -0.15) is 0 Å². The van der Waals surface area contributed by atoms with Gasteiger partial charge in [-0.15, -0.1) is 0 Å². The summed E-state index contributed by atoms with van der Waals surface area (Å²) in [5.41, 5.74) is 2.89. The minimum atomic E-state index is -0.622. The zero-order chi connectivity index (χ0) is 19.6. The molecule has 0 radical (unpaired) electrons.